The lowest BCUT2D eigenvalue weighted by atomic mass is 10.1. The first-order valence-corrected chi connectivity index (χ1v) is 9.42. The highest BCUT2D eigenvalue weighted by atomic mass is 32.2. The normalized spacial score (nSPS) is 20.6. The lowest BCUT2D eigenvalue weighted by Gasteiger charge is -2.26. The number of benzene rings is 1. The number of amides is 1. The molecular weight excluding hydrogens is 342 g/mol. The molecule has 0 bridgehead atoms. The molecule has 7 heteroatoms. The zero-order valence-electron chi connectivity index (χ0n) is 13.9. The van der Waals surface area contributed by atoms with Gasteiger partial charge < -0.3 is 10.1 Å². The van der Waals surface area contributed by atoms with Gasteiger partial charge in [-0.15, -0.1) is 0 Å². The van der Waals surface area contributed by atoms with Gasteiger partial charge in [0.05, 0.1) is 7.11 Å². The standard InChI is InChI=1S/C17H21N3O2S2/c1-19-16(21)14(18-17(19)23)10-12-3-4-15(22-2)13(9-12)11-20-5-7-24-8-6-20/h3-4,9-10H,5-8,11H2,1-2H3,(H,18,23)/b14-10+. The summed E-state index contributed by atoms with van der Waals surface area (Å²) in [5, 5.41) is 3.39. The molecule has 0 aliphatic carbocycles. The van der Waals surface area contributed by atoms with Crippen LogP contribution in [0, 0.1) is 0 Å². The summed E-state index contributed by atoms with van der Waals surface area (Å²) in [7, 11) is 3.37. The third-order valence-electron chi connectivity index (χ3n) is 4.19. The van der Waals surface area contributed by atoms with Crippen molar-refractivity contribution >= 4 is 41.1 Å². The van der Waals surface area contributed by atoms with Crippen LogP contribution in [0.2, 0.25) is 0 Å². The minimum atomic E-state index is -0.106. The summed E-state index contributed by atoms with van der Waals surface area (Å²) in [6.45, 7) is 3.05. The number of thioether (sulfide) groups is 1. The molecule has 0 unspecified atom stereocenters. The zero-order chi connectivity index (χ0) is 17.1. The van der Waals surface area contributed by atoms with E-state index in [1.54, 1.807) is 14.2 Å². The topological polar surface area (TPSA) is 44.8 Å². The van der Waals surface area contributed by atoms with E-state index < -0.39 is 0 Å². The van der Waals surface area contributed by atoms with Crippen molar-refractivity contribution in [2.24, 2.45) is 0 Å². The number of carbonyl (C=O) groups is 1. The van der Waals surface area contributed by atoms with E-state index >= 15 is 0 Å². The molecule has 5 nitrogen and oxygen atoms in total. The monoisotopic (exact) mass is 363 g/mol. The fourth-order valence-electron chi connectivity index (χ4n) is 2.80. The number of methoxy groups -OCH3 is 1. The SMILES string of the molecule is COc1ccc(/C=C2/NC(=S)N(C)C2=O)cc1CN1CCSCC1. The second-order valence-electron chi connectivity index (χ2n) is 5.81. The first kappa shape index (κ1) is 17.3. The molecule has 1 N–H and O–H groups in total. The predicted molar refractivity (Wildman–Crippen MR) is 102 cm³/mol. The van der Waals surface area contributed by atoms with Gasteiger partial charge >= 0.3 is 0 Å². The quantitative estimate of drug-likeness (QED) is 0.651. The predicted octanol–water partition coefficient (Wildman–Crippen LogP) is 1.93. The molecule has 0 aromatic heterocycles. The van der Waals surface area contributed by atoms with Crippen molar-refractivity contribution in [1.82, 2.24) is 15.1 Å². The van der Waals surface area contributed by atoms with Crippen LogP contribution in [-0.2, 0) is 11.3 Å². The Bertz CT molecular complexity index is 684. The van der Waals surface area contributed by atoms with Gasteiger partial charge in [0.1, 0.15) is 11.4 Å². The summed E-state index contributed by atoms with van der Waals surface area (Å²) in [5.41, 5.74) is 2.61. The van der Waals surface area contributed by atoms with Gasteiger partial charge in [-0.3, -0.25) is 14.6 Å². The first-order chi connectivity index (χ1) is 11.6. The van der Waals surface area contributed by atoms with E-state index in [9.17, 15) is 4.79 Å². The third-order valence-corrected chi connectivity index (χ3v) is 5.51. The summed E-state index contributed by atoms with van der Waals surface area (Å²) in [6.07, 6.45) is 1.84. The average molecular weight is 364 g/mol. The lowest BCUT2D eigenvalue weighted by molar-refractivity contribution is -0.121. The molecule has 2 fully saturated rings. The fraction of sp³-hybridized carbons (Fsp3) is 0.412. The Kier molecular flexibility index (Phi) is 5.43. The number of thiocarbonyl (C=S) groups is 1. The Hall–Kier alpha value is -1.57. The minimum absolute atomic E-state index is 0.106. The fourth-order valence-corrected chi connectivity index (χ4v) is 3.97. The summed E-state index contributed by atoms with van der Waals surface area (Å²) in [4.78, 5) is 16.0. The molecule has 3 rings (SSSR count). The Balaban J connectivity index is 1.83. The van der Waals surface area contributed by atoms with E-state index in [1.165, 1.54) is 16.4 Å². The van der Waals surface area contributed by atoms with Crippen LogP contribution >= 0.6 is 24.0 Å². The van der Waals surface area contributed by atoms with Crippen LogP contribution in [0.15, 0.2) is 23.9 Å². The van der Waals surface area contributed by atoms with Crippen LogP contribution < -0.4 is 10.1 Å². The number of rotatable bonds is 4. The largest absolute Gasteiger partial charge is 0.496 e. The van der Waals surface area contributed by atoms with Crippen LogP contribution in [0.3, 0.4) is 0 Å². The average Bonchev–Trinajstić information content (AvgIpc) is 2.83. The molecule has 2 heterocycles. The molecule has 2 aliphatic rings. The maximum Gasteiger partial charge on any atom is 0.276 e. The number of hydrogen-bond acceptors (Lipinski definition) is 5. The highest BCUT2D eigenvalue weighted by Crippen LogP contribution is 2.24. The molecular formula is C17H21N3O2S2. The molecule has 0 atom stereocenters. The van der Waals surface area contributed by atoms with Gasteiger partial charge in [0, 0.05) is 43.8 Å². The maximum atomic E-state index is 12.1. The molecule has 0 radical (unpaired) electrons. The smallest absolute Gasteiger partial charge is 0.276 e. The number of ether oxygens (including phenoxy) is 1. The Labute approximate surface area is 152 Å². The van der Waals surface area contributed by atoms with Gasteiger partial charge in [-0.05, 0) is 36.0 Å². The van der Waals surface area contributed by atoms with E-state index in [0.717, 1.165) is 36.5 Å². The van der Waals surface area contributed by atoms with Gasteiger partial charge in [0.2, 0.25) is 0 Å². The van der Waals surface area contributed by atoms with Crippen molar-refractivity contribution in [3.63, 3.8) is 0 Å². The number of likely N-dealkylation sites (N-methyl/N-ethyl adjacent to an activating group) is 1. The Morgan fingerprint density at radius 3 is 2.75 bits per heavy atom. The van der Waals surface area contributed by atoms with Gasteiger partial charge in [-0.25, -0.2) is 0 Å². The van der Waals surface area contributed by atoms with E-state index in [0.29, 0.717) is 10.8 Å². The molecule has 0 spiro atoms. The molecule has 128 valence electrons. The first-order valence-electron chi connectivity index (χ1n) is 7.86. The number of carbonyl (C=O) groups excluding carboxylic acids is 1. The van der Waals surface area contributed by atoms with Gasteiger partial charge in [0.15, 0.2) is 5.11 Å². The van der Waals surface area contributed by atoms with E-state index in [4.69, 9.17) is 17.0 Å². The van der Waals surface area contributed by atoms with Gasteiger partial charge in [-0.1, -0.05) is 6.07 Å². The zero-order valence-corrected chi connectivity index (χ0v) is 15.5. The van der Waals surface area contributed by atoms with Crippen LogP contribution in [0.25, 0.3) is 6.08 Å². The van der Waals surface area contributed by atoms with Crippen LogP contribution in [0.5, 0.6) is 5.75 Å². The summed E-state index contributed by atoms with van der Waals surface area (Å²) in [6, 6.07) is 6.00. The molecule has 2 aliphatic heterocycles. The van der Waals surface area contributed by atoms with Crippen molar-refractivity contribution in [2.45, 2.75) is 6.54 Å². The van der Waals surface area contributed by atoms with E-state index in [2.05, 4.69) is 16.3 Å². The van der Waals surface area contributed by atoms with E-state index in [-0.39, 0.29) is 5.91 Å². The van der Waals surface area contributed by atoms with Crippen molar-refractivity contribution in [2.75, 3.05) is 38.8 Å². The summed E-state index contributed by atoms with van der Waals surface area (Å²) >= 11 is 7.11. The second kappa shape index (κ2) is 7.55. The highest BCUT2D eigenvalue weighted by molar-refractivity contribution is 7.99. The van der Waals surface area contributed by atoms with Gasteiger partial charge in [0.25, 0.3) is 5.91 Å². The number of nitrogens with one attached hydrogen (secondary N) is 1. The Morgan fingerprint density at radius 2 is 2.12 bits per heavy atom. The molecule has 24 heavy (non-hydrogen) atoms. The number of hydrogen-bond donors (Lipinski definition) is 1. The molecule has 1 aromatic rings. The molecule has 1 amide bonds. The molecule has 0 saturated carbocycles. The minimum Gasteiger partial charge on any atom is -0.496 e. The van der Waals surface area contributed by atoms with Crippen molar-refractivity contribution in [3.8, 4) is 5.75 Å². The van der Waals surface area contributed by atoms with Crippen LogP contribution in [0.1, 0.15) is 11.1 Å². The van der Waals surface area contributed by atoms with Crippen LogP contribution in [0.4, 0.5) is 0 Å². The van der Waals surface area contributed by atoms with Crippen molar-refractivity contribution in [3.05, 3.63) is 35.0 Å². The number of nitrogens with zero attached hydrogens (tertiary/aromatic N) is 2. The van der Waals surface area contributed by atoms with Crippen molar-refractivity contribution in [1.29, 1.82) is 0 Å². The lowest BCUT2D eigenvalue weighted by Crippen LogP contribution is -2.32. The highest BCUT2D eigenvalue weighted by Gasteiger charge is 2.27. The van der Waals surface area contributed by atoms with Gasteiger partial charge in [-0.2, -0.15) is 11.8 Å². The summed E-state index contributed by atoms with van der Waals surface area (Å²) in [5.74, 6) is 3.13. The van der Waals surface area contributed by atoms with E-state index in [1.807, 2.05) is 30.0 Å². The third kappa shape index (κ3) is 3.74. The van der Waals surface area contributed by atoms with Crippen molar-refractivity contribution < 1.29 is 9.53 Å². The Morgan fingerprint density at radius 1 is 1.38 bits per heavy atom. The van der Waals surface area contributed by atoms with Crippen LogP contribution in [-0.4, -0.2) is 59.6 Å². The maximum absolute atomic E-state index is 12.1. The molecule has 1 aromatic carbocycles. The summed E-state index contributed by atoms with van der Waals surface area (Å²) < 4.78 is 5.50. The molecule has 2 saturated heterocycles. The second-order valence-corrected chi connectivity index (χ2v) is 7.42.